The molecule has 0 N–H and O–H groups in total. The first kappa shape index (κ1) is 10.5. The highest BCUT2D eigenvalue weighted by Gasteiger charge is 2.07. The van der Waals surface area contributed by atoms with E-state index in [1.165, 1.54) is 12.1 Å². The summed E-state index contributed by atoms with van der Waals surface area (Å²) < 4.78 is 15.8. The van der Waals surface area contributed by atoms with Crippen molar-refractivity contribution in [2.24, 2.45) is 0 Å². The van der Waals surface area contributed by atoms with E-state index in [4.69, 9.17) is 0 Å². The van der Waals surface area contributed by atoms with Gasteiger partial charge >= 0.3 is 0 Å². The molecule has 0 aliphatic rings. The summed E-state index contributed by atoms with van der Waals surface area (Å²) in [6.45, 7) is 0. The lowest BCUT2D eigenvalue weighted by molar-refractivity contribution is 0.628. The van der Waals surface area contributed by atoms with Crippen LogP contribution in [-0.4, -0.2) is 9.38 Å². The first-order valence-corrected chi connectivity index (χ1v) is 5.92. The maximum atomic E-state index is 12.9. The summed E-state index contributed by atoms with van der Waals surface area (Å²) in [5.74, 6) is -0.238. The lowest BCUT2D eigenvalue weighted by Gasteiger charge is -2.00. The summed E-state index contributed by atoms with van der Waals surface area (Å²) in [7, 11) is 0. The fourth-order valence-electron chi connectivity index (χ4n) is 1.82. The van der Waals surface area contributed by atoms with Crippen LogP contribution in [0.15, 0.2) is 53.4 Å². The summed E-state index contributed by atoms with van der Waals surface area (Å²) in [6.07, 6.45) is 1.75. The molecule has 0 aliphatic carbocycles. The monoisotopic (exact) mass is 290 g/mol. The molecule has 0 saturated heterocycles. The molecule has 0 unspecified atom stereocenters. The second kappa shape index (κ2) is 3.96. The van der Waals surface area contributed by atoms with Crippen LogP contribution in [0.2, 0.25) is 0 Å². The molecule has 0 fully saturated rings. The van der Waals surface area contributed by atoms with Gasteiger partial charge < -0.3 is 0 Å². The first-order chi connectivity index (χ1) is 8.25. The molecule has 0 radical (unpaired) electrons. The molecule has 0 bridgehead atoms. The Morgan fingerprint density at radius 2 is 1.82 bits per heavy atom. The summed E-state index contributed by atoms with van der Waals surface area (Å²) in [6, 6.07) is 12.2. The van der Waals surface area contributed by atoms with Crippen molar-refractivity contribution in [3.63, 3.8) is 0 Å². The second-order valence-electron chi connectivity index (χ2n) is 3.70. The van der Waals surface area contributed by atoms with Gasteiger partial charge in [-0.2, -0.15) is 0 Å². The minimum atomic E-state index is -0.238. The van der Waals surface area contributed by atoms with E-state index >= 15 is 0 Å². The number of pyridine rings is 1. The van der Waals surface area contributed by atoms with Gasteiger partial charge in [-0.25, -0.2) is 9.37 Å². The molecular weight excluding hydrogens is 283 g/mol. The van der Waals surface area contributed by atoms with E-state index in [0.29, 0.717) is 0 Å². The molecule has 3 aromatic rings. The average molecular weight is 291 g/mol. The van der Waals surface area contributed by atoms with Crippen LogP contribution in [0.4, 0.5) is 4.39 Å². The minimum absolute atomic E-state index is 0.238. The smallest absolute Gasteiger partial charge is 0.123 e. The fraction of sp³-hybridized carbons (Fsp3) is 0. The van der Waals surface area contributed by atoms with Crippen molar-refractivity contribution >= 4 is 21.4 Å². The van der Waals surface area contributed by atoms with E-state index in [9.17, 15) is 4.39 Å². The minimum Gasteiger partial charge on any atom is -0.292 e. The maximum absolute atomic E-state index is 12.9. The first-order valence-electron chi connectivity index (χ1n) is 5.13. The fourth-order valence-corrected chi connectivity index (χ4v) is 2.25. The molecule has 17 heavy (non-hydrogen) atoms. The highest BCUT2D eigenvalue weighted by Crippen LogP contribution is 2.25. The van der Waals surface area contributed by atoms with Gasteiger partial charge in [-0.15, -0.1) is 0 Å². The standard InChI is InChI=1S/C13H8BrFN2/c14-12-3-1-2-11-13(16-8-17(11)12)9-4-6-10(15)7-5-9/h1-8H. The van der Waals surface area contributed by atoms with Crippen molar-refractivity contribution in [2.75, 3.05) is 0 Å². The van der Waals surface area contributed by atoms with Gasteiger partial charge in [0.1, 0.15) is 12.1 Å². The normalized spacial score (nSPS) is 10.9. The Labute approximate surface area is 106 Å². The van der Waals surface area contributed by atoms with E-state index < -0.39 is 0 Å². The number of halogens is 2. The Kier molecular flexibility index (Phi) is 2.44. The molecule has 0 atom stereocenters. The molecule has 3 rings (SSSR count). The number of hydrogen-bond donors (Lipinski definition) is 0. The van der Waals surface area contributed by atoms with Gasteiger partial charge in [0.05, 0.1) is 15.8 Å². The van der Waals surface area contributed by atoms with Crippen molar-refractivity contribution in [3.8, 4) is 11.3 Å². The zero-order chi connectivity index (χ0) is 11.8. The van der Waals surface area contributed by atoms with Crippen LogP contribution in [0.1, 0.15) is 0 Å². The van der Waals surface area contributed by atoms with Gasteiger partial charge in [0.2, 0.25) is 0 Å². The summed E-state index contributed by atoms with van der Waals surface area (Å²) in [4.78, 5) is 4.37. The van der Waals surface area contributed by atoms with Crippen molar-refractivity contribution in [3.05, 3.63) is 59.2 Å². The number of aromatic nitrogens is 2. The highest BCUT2D eigenvalue weighted by molar-refractivity contribution is 9.10. The van der Waals surface area contributed by atoms with Gasteiger partial charge in [-0.3, -0.25) is 4.40 Å². The van der Waals surface area contributed by atoms with Crippen LogP contribution in [0.3, 0.4) is 0 Å². The third-order valence-corrected chi connectivity index (χ3v) is 3.29. The molecule has 0 amide bonds. The van der Waals surface area contributed by atoms with Crippen LogP contribution in [-0.2, 0) is 0 Å². The Balaban J connectivity index is 2.24. The van der Waals surface area contributed by atoms with E-state index in [1.54, 1.807) is 18.5 Å². The summed E-state index contributed by atoms with van der Waals surface area (Å²) >= 11 is 3.46. The number of nitrogens with zero attached hydrogens (tertiary/aromatic N) is 2. The van der Waals surface area contributed by atoms with Crippen molar-refractivity contribution in [2.45, 2.75) is 0 Å². The van der Waals surface area contributed by atoms with E-state index in [-0.39, 0.29) is 5.82 Å². The van der Waals surface area contributed by atoms with E-state index in [2.05, 4.69) is 20.9 Å². The molecule has 2 heterocycles. The number of hydrogen-bond acceptors (Lipinski definition) is 1. The Morgan fingerprint density at radius 3 is 2.59 bits per heavy atom. The van der Waals surface area contributed by atoms with Gasteiger partial charge in [0, 0.05) is 5.56 Å². The van der Waals surface area contributed by atoms with Crippen molar-refractivity contribution < 1.29 is 4.39 Å². The molecule has 1 aromatic carbocycles. The highest BCUT2D eigenvalue weighted by atomic mass is 79.9. The third kappa shape index (κ3) is 1.74. The quantitative estimate of drug-likeness (QED) is 0.621. The topological polar surface area (TPSA) is 17.3 Å². The zero-order valence-corrected chi connectivity index (χ0v) is 10.4. The molecule has 4 heteroatoms. The molecule has 0 saturated carbocycles. The van der Waals surface area contributed by atoms with Crippen LogP contribution in [0, 0.1) is 5.82 Å². The van der Waals surface area contributed by atoms with Gasteiger partial charge in [-0.1, -0.05) is 6.07 Å². The molecular formula is C13H8BrFN2. The largest absolute Gasteiger partial charge is 0.292 e. The van der Waals surface area contributed by atoms with Gasteiger partial charge in [-0.05, 0) is 52.3 Å². The maximum Gasteiger partial charge on any atom is 0.123 e. The molecule has 0 spiro atoms. The Morgan fingerprint density at radius 1 is 1.06 bits per heavy atom. The van der Waals surface area contributed by atoms with E-state index in [1.807, 2.05) is 22.6 Å². The average Bonchev–Trinajstić information content (AvgIpc) is 2.75. The van der Waals surface area contributed by atoms with E-state index in [0.717, 1.165) is 21.4 Å². The van der Waals surface area contributed by atoms with Gasteiger partial charge in [0.15, 0.2) is 0 Å². The van der Waals surface area contributed by atoms with Crippen LogP contribution in [0.5, 0.6) is 0 Å². The Hall–Kier alpha value is -1.68. The number of rotatable bonds is 1. The van der Waals surface area contributed by atoms with Crippen LogP contribution in [0.25, 0.3) is 16.8 Å². The molecule has 0 aliphatic heterocycles. The van der Waals surface area contributed by atoms with Gasteiger partial charge in [0.25, 0.3) is 0 Å². The number of fused-ring (bicyclic) bond motifs is 1. The second-order valence-corrected chi connectivity index (χ2v) is 4.52. The Bertz CT molecular complexity index is 673. The number of imidazole rings is 1. The third-order valence-electron chi connectivity index (χ3n) is 2.64. The predicted molar refractivity (Wildman–Crippen MR) is 68.3 cm³/mol. The molecule has 2 aromatic heterocycles. The molecule has 84 valence electrons. The van der Waals surface area contributed by atoms with Crippen LogP contribution < -0.4 is 0 Å². The SMILES string of the molecule is Fc1ccc(-c2ncn3c(Br)cccc23)cc1. The predicted octanol–water partition coefficient (Wildman–Crippen LogP) is 3.90. The molecule has 2 nitrogen and oxygen atoms in total. The lowest BCUT2D eigenvalue weighted by atomic mass is 10.1. The van der Waals surface area contributed by atoms with Crippen LogP contribution >= 0.6 is 15.9 Å². The van der Waals surface area contributed by atoms with Crippen molar-refractivity contribution in [1.82, 2.24) is 9.38 Å². The number of benzene rings is 1. The summed E-state index contributed by atoms with van der Waals surface area (Å²) in [5.41, 5.74) is 2.75. The zero-order valence-electron chi connectivity index (χ0n) is 8.77. The lowest BCUT2D eigenvalue weighted by Crippen LogP contribution is -1.84. The van der Waals surface area contributed by atoms with Crippen molar-refractivity contribution in [1.29, 1.82) is 0 Å². The summed E-state index contributed by atoms with van der Waals surface area (Å²) in [5, 5.41) is 0.